The van der Waals surface area contributed by atoms with Crippen molar-refractivity contribution in [2.24, 2.45) is 23.2 Å². The van der Waals surface area contributed by atoms with E-state index < -0.39 is 5.97 Å². The lowest BCUT2D eigenvalue weighted by atomic mass is 9.49. The molecule has 0 atom stereocenters. The van der Waals surface area contributed by atoms with Gasteiger partial charge in [-0.15, -0.1) is 11.3 Å². The average molecular weight is 467 g/mol. The molecular weight excluding hydrogens is 436 g/mol. The van der Waals surface area contributed by atoms with Crippen molar-refractivity contribution in [2.45, 2.75) is 52.4 Å². The number of rotatable bonds is 5. The summed E-state index contributed by atoms with van der Waals surface area (Å²) in [6.07, 6.45) is 6.56. The second-order valence-electron chi connectivity index (χ2n) is 10.2. The maximum atomic E-state index is 13.6. The molecule has 4 aliphatic carbocycles. The third kappa shape index (κ3) is 3.97. The lowest BCUT2D eigenvalue weighted by molar-refractivity contribution is -0.140. The largest absolute Gasteiger partial charge is 0.465 e. The van der Waals surface area contributed by atoms with Crippen LogP contribution in [0.15, 0.2) is 24.3 Å². The van der Waals surface area contributed by atoms with Crippen LogP contribution < -0.4 is 10.6 Å². The Morgan fingerprint density at radius 3 is 2.21 bits per heavy atom. The highest BCUT2D eigenvalue weighted by atomic mass is 32.1. The Morgan fingerprint density at radius 2 is 1.64 bits per heavy atom. The normalized spacial score (nSPS) is 27.3. The maximum absolute atomic E-state index is 13.6. The van der Waals surface area contributed by atoms with Gasteiger partial charge in [-0.05, 0) is 93.4 Å². The Labute approximate surface area is 198 Å². The van der Waals surface area contributed by atoms with Crippen LogP contribution in [0.5, 0.6) is 0 Å². The zero-order valence-electron chi connectivity index (χ0n) is 19.3. The van der Waals surface area contributed by atoms with E-state index in [1.165, 1.54) is 26.4 Å². The standard InChI is InChI=1S/C26H30N2O4S/c1-14-5-4-6-19(7-14)27-22(29)21-15(2)20(24(30)32-3)23(33-21)28-25(31)26-11-16-8-17(12-26)10-18(9-16)13-26/h4-7,16-18H,8-13H2,1-3H3,(H,27,29)(H,28,31). The third-order valence-corrected chi connectivity index (χ3v) is 8.97. The number of anilines is 2. The fourth-order valence-electron chi connectivity index (χ4n) is 6.70. The fourth-order valence-corrected chi connectivity index (χ4v) is 7.79. The highest BCUT2D eigenvalue weighted by molar-refractivity contribution is 7.19. The summed E-state index contributed by atoms with van der Waals surface area (Å²) >= 11 is 1.15. The number of nitrogens with one attached hydrogen (secondary N) is 2. The monoisotopic (exact) mass is 466 g/mol. The van der Waals surface area contributed by atoms with Gasteiger partial charge in [-0.3, -0.25) is 9.59 Å². The van der Waals surface area contributed by atoms with Gasteiger partial charge in [0, 0.05) is 5.69 Å². The van der Waals surface area contributed by atoms with Crippen molar-refractivity contribution in [2.75, 3.05) is 17.7 Å². The molecule has 4 aliphatic rings. The summed E-state index contributed by atoms with van der Waals surface area (Å²) in [5.41, 5.74) is 2.18. The average Bonchev–Trinajstić information content (AvgIpc) is 3.08. The van der Waals surface area contributed by atoms with E-state index >= 15 is 0 Å². The van der Waals surface area contributed by atoms with Crippen molar-refractivity contribution in [3.8, 4) is 0 Å². The highest BCUT2D eigenvalue weighted by Crippen LogP contribution is 2.60. The van der Waals surface area contributed by atoms with Crippen LogP contribution in [0, 0.1) is 37.0 Å². The summed E-state index contributed by atoms with van der Waals surface area (Å²) in [5, 5.41) is 6.39. The van der Waals surface area contributed by atoms with Gasteiger partial charge in [0.15, 0.2) is 0 Å². The number of amides is 2. The molecule has 6 nitrogen and oxygen atoms in total. The van der Waals surface area contributed by atoms with Gasteiger partial charge < -0.3 is 15.4 Å². The van der Waals surface area contributed by atoms with Gasteiger partial charge in [0.2, 0.25) is 5.91 Å². The zero-order chi connectivity index (χ0) is 23.3. The van der Waals surface area contributed by atoms with Crippen molar-refractivity contribution in [3.63, 3.8) is 0 Å². The van der Waals surface area contributed by atoms with Crippen LogP contribution in [0.2, 0.25) is 0 Å². The Bertz CT molecular complexity index is 1100. The predicted molar refractivity (Wildman–Crippen MR) is 129 cm³/mol. The Balaban J connectivity index is 1.43. The van der Waals surface area contributed by atoms with Gasteiger partial charge >= 0.3 is 5.97 Å². The van der Waals surface area contributed by atoms with Gasteiger partial charge in [-0.25, -0.2) is 4.79 Å². The number of hydrogen-bond donors (Lipinski definition) is 2. The van der Waals surface area contributed by atoms with E-state index in [1.807, 2.05) is 31.2 Å². The minimum Gasteiger partial charge on any atom is -0.465 e. The minimum absolute atomic E-state index is 0.00125. The molecule has 1 aromatic heterocycles. The molecule has 2 N–H and O–H groups in total. The maximum Gasteiger partial charge on any atom is 0.341 e. The van der Waals surface area contributed by atoms with Gasteiger partial charge in [0.1, 0.15) is 5.00 Å². The van der Waals surface area contributed by atoms with E-state index in [2.05, 4.69) is 10.6 Å². The number of benzene rings is 1. The van der Waals surface area contributed by atoms with Crippen LogP contribution in [0.4, 0.5) is 10.7 Å². The van der Waals surface area contributed by atoms with E-state index in [9.17, 15) is 14.4 Å². The first-order valence-electron chi connectivity index (χ1n) is 11.7. The molecule has 4 saturated carbocycles. The summed E-state index contributed by atoms with van der Waals surface area (Å²) < 4.78 is 5.00. The zero-order valence-corrected chi connectivity index (χ0v) is 20.1. The summed E-state index contributed by atoms with van der Waals surface area (Å²) in [7, 11) is 1.32. The van der Waals surface area contributed by atoms with Crippen molar-refractivity contribution in [1.82, 2.24) is 0 Å². The SMILES string of the molecule is COC(=O)c1c(NC(=O)C23CC4CC(CC(C4)C2)C3)sc(C(=O)Nc2cccc(C)c2)c1C. The Hall–Kier alpha value is -2.67. The van der Waals surface area contributed by atoms with E-state index in [0.717, 1.165) is 36.2 Å². The quantitative estimate of drug-likeness (QED) is 0.565. The summed E-state index contributed by atoms with van der Waals surface area (Å²) in [5.74, 6) is 1.08. The van der Waals surface area contributed by atoms with Crippen LogP contribution in [0.3, 0.4) is 0 Å². The molecule has 7 heteroatoms. The van der Waals surface area contributed by atoms with Gasteiger partial charge in [-0.1, -0.05) is 12.1 Å². The molecular formula is C26H30N2O4S. The molecule has 1 aromatic carbocycles. The predicted octanol–water partition coefficient (Wildman–Crippen LogP) is 5.56. The summed E-state index contributed by atoms with van der Waals surface area (Å²) in [6.45, 7) is 3.69. The van der Waals surface area contributed by atoms with Crippen molar-refractivity contribution < 1.29 is 19.1 Å². The molecule has 0 aliphatic heterocycles. The third-order valence-electron chi connectivity index (χ3n) is 7.77. The van der Waals surface area contributed by atoms with Crippen molar-refractivity contribution in [3.05, 3.63) is 45.8 Å². The smallest absolute Gasteiger partial charge is 0.341 e. The molecule has 174 valence electrons. The van der Waals surface area contributed by atoms with Crippen molar-refractivity contribution in [1.29, 1.82) is 0 Å². The fraction of sp³-hybridized carbons (Fsp3) is 0.500. The number of thiophene rings is 1. The second-order valence-corrected chi connectivity index (χ2v) is 11.2. The molecule has 0 unspecified atom stereocenters. The van der Waals surface area contributed by atoms with Gasteiger partial charge in [0.25, 0.3) is 5.91 Å². The highest BCUT2D eigenvalue weighted by Gasteiger charge is 2.54. The number of hydrogen-bond acceptors (Lipinski definition) is 5. The number of esters is 1. The van der Waals surface area contributed by atoms with Gasteiger partial charge in [0.05, 0.1) is 23.0 Å². The van der Waals surface area contributed by atoms with Crippen molar-refractivity contribution >= 4 is 39.8 Å². The number of aryl methyl sites for hydroxylation is 1. The van der Waals surface area contributed by atoms with E-state index in [0.29, 0.717) is 38.9 Å². The first-order chi connectivity index (χ1) is 15.8. The molecule has 2 aromatic rings. The van der Waals surface area contributed by atoms with Crippen LogP contribution in [-0.2, 0) is 9.53 Å². The first-order valence-corrected chi connectivity index (χ1v) is 12.5. The van der Waals surface area contributed by atoms with E-state index in [-0.39, 0.29) is 22.8 Å². The minimum atomic E-state index is -0.542. The number of methoxy groups -OCH3 is 1. The molecule has 2 amide bonds. The molecule has 4 fully saturated rings. The van der Waals surface area contributed by atoms with Crippen LogP contribution in [0.25, 0.3) is 0 Å². The molecule has 0 spiro atoms. The lowest BCUT2D eigenvalue weighted by Gasteiger charge is -2.55. The number of ether oxygens (including phenoxy) is 1. The van der Waals surface area contributed by atoms with Crippen LogP contribution >= 0.6 is 11.3 Å². The molecule has 0 radical (unpaired) electrons. The molecule has 33 heavy (non-hydrogen) atoms. The van der Waals surface area contributed by atoms with E-state index in [4.69, 9.17) is 4.74 Å². The Kier molecular flexibility index (Phi) is 5.55. The first kappa shape index (κ1) is 22.1. The van der Waals surface area contributed by atoms with Crippen LogP contribution in [0.1, 0.15) is 69.7 Å². The summed E-state index contributed by atoms with van der Waals surface area (Å²) in [4.78, 5) is 39.7. The Morgan fingerprint density at radius 1 is 1.00 bits per heavy atom. The second kappa shape index (κ2) is 8.28. The van der Waals surface area contributed by atoms with E-state index in [1.54, 1.807) is 6.92 Å². The number of carbonyl (C=O) groups is 3. The lowest BCUT2D eigenvalue weighted by Crippen LogP contribution is -2.51. The topological polar surface area (TPSA) is 84.5 Å². The number of carbonyl (C=O) groups excluding carboxylic acids is 3. The van der Waals surface area contributed by atoms with Gasteiger partial charge in [-0.2, -0.15) is 0 Å². The summed E-state index contributed by atoms with van der Waals surface area (Å²) in [6, 6.07) is 7.55. The molecule has 6 rings (SSSR count). The molecule has 0 saturated heterocycles. The molecule has 4 bridgehead atoms. The molecule has 1 heterocycles. The van der Waals surface area contributed by atoms with Crippen LogP contribution in [-0.4, -0.2) is 24.9 Å².